The van der Waals surface area contributed by atoms with Crippen LogP contribution in [-0.4, -0.2) is 18.6 Å². The Morgan fingerprint density at radius 2 is 2.12 bits per heavy atom. The number of nitrogens with one attached hydrogen (secondary N) is 1. The van der Waals surface area contributed by atoms with Gasteiger partial charge in [0.15, 0.2) is 0 Å². The zero-order valence-electron chi connectivity index (χ0n) is 10.3. The first-order valence-corrected chi connectivity index (χ1v) is 6.70. The lowest BCUT2D eigenvalue weighted by Crippen LogP contribution is -2.09. The summed E-state index contributed by atoms with van der Waals surface area (Å²) in [6.45, 7) is 3.14. The molecule has 17 heavy (non-hydrogen) atoms. The van der Waals surface area contributed by atoms with Gasteiger partial charge in [0, 0.05) is 15.6 Å². The van der Waals surface area contributed by atoms with E-state index >= 15 is 0 Å². The fraction of sp³-hybridized carbons (Fsp3) is 0.357. The number of aryl methyl sites for hydroxylation is 2. The molecule has 2 rings (SSSR count). The number of pyridine rings is 1. The van der Waals surface area contributed by atoms with Crippen molar-refractivity contribution in [3.8, 4) is 0 Å². The number of rotatable bonds is 4. The summed E-state index contributed by atoms with van der Waals surface area (Å²) >= 11 is 3.50. The summed E-state index contributed by atoms with van der Waals surface area (Å²) in [4.78, 5) is 4.65. The summed E-state index contributed by atoms with van der Waals surface area (Å²) in [7, 11) is 1.99. The van der Waals surface area contributed by atoms with E-state index in [0.717, 1.165) is 35.1 Å². The Labute approximate surface area is 111 Å². The summed E-state index contributed by atoms with van der Waals surface area (Å²) in [5.41, 5.74) is 3.57. The van der Waals surface area contributed by atoms with E-state index in [0.29, 0.717) is 0 Å². The molecule has 0 aliphatic heterocycles. The normalized spacial score (nSPS) is 11.0. The molecule has 0 aliphatic carbocycles. The first-order valence-electron chi connectivity index (χ1n) is 5.91. The molecule has 0 saturated heterocycles. The molecule has 90 valence electrons. The highest BCUT2D eigenvalue weighted by Gasteiger charge is 2.03. The van der Waals surface area contributed by atoms with Crippen LogP contribution in [0.1, 0.15) is 17.7 Å². The van der Waals surface area contributed by atoms with Gasteiger partial charge >= 0.3 is 0 Å². The maximum Gasteiger partial charge on any atom is 0.0706 e. The largest absolute Gasteiger partial charge is 0.320 e. The molecule has 0 radical (unpaired) electrons. The second-order valence-corrected chi connectivity index (χ2v) is 5.19. The van der Waals surface area contributed by atoms with Gasteiger partial charge in [-0.25, -0.2) is 0 Å². The summed E-state index contributed by atoms with van der Waals surface area (Å²) < 4.78 is 1.11. The van der Waals surface area contributed by atoms with Crippen molar-refractivity contribution in [3.63, 3.8) is 0 Å². The Bertz CT molecular complexity index is 523. The summed E-state index contributed by atoms with van der Waals surface area (Å²) in [6.07, 6.45) is 2.24. The molecule has 0 bridgehead atoms. The van der Waals surface area contributed by atoms with Gasteiger partial charge in [0.25, 0.3) is 0 Å². The zero-order valence-corrected chi connectivity index (χ0v) is 11.8. The Morgan fingerprint density at radius 3 is 2.88 bits per heavy atom. The second kappa shape index (κ2) is 5.61. The van der Waals surface area contributed by atoms with Gasteiger partial charge in [0.05, 0.1) is 5.52 Å². The van der Waals surface area contributed by atoms with Crippen molar-refractivity contribution >= 4 is 26.8 Å². The van der Waals surface area contributed by atoms with E-state index in [4.69, 9.17) is 0 Å². The summed E-state index contributed by atoms with van der Waals surface area (Å²) in [5, 5.41) is 4.39. The van der Waals surface area contributed by atoms with Crippen LogP contribution in [0.5, 0.6) is 0 Å². The average Bonchev–Trinajstić information content (AvgIpc) is 2.31. The molecule has 3 heteroatoms. The maximum atomic E-state index is 4.65. The fourth-order valence-electron chi connectivity index (χ4n) is 2.00. The third-order valence-electron chi connectivity index (χ3n) is 2.95. The number of benzene rings is 1. The van der Waals surface area contributed by atoms with Crippen molar-refractivity contribution in [1.82, 2.24) is 10.3 Å². The van der Waals surface area contributed by atoms with E-state index in [1.54, 1.807) is 0 Å². The Balaban J connectivity index is 2.32. The molecule has 2 aromatic rings. The molecule has 0 unspecified atom stereocenters. The average molecular weight is 293 g/mol. The molecule has 0 spiro atoms. The summed E-state index contributed by atoms with van der Waals surface area (Å²) in [6, 6.07) is 8.49. The first-order chi connectivity index (χ1) is 8.20. The highest BCUT2D eigenvalue weighted by Crippen LogP contribution is 2.21. The Kier molecular flexibility index (Phi) is 4.13. The van der Waals surface area contributed by atoms with Crippen LogP contribution in [0.3, 0.4) is 0 Å². The van der Waals surface area contributed by atoms with Crippen LogP contribution in [0.2, 0.25) is 0 Å². The standard InChI is InChI=1S/C14H17BrN2/c1-10-11(4-3-7-16-2)8-12-9-13(15)5-6-14(12)17-10/h5-6,8-9,16H,3-4,7H2,1-2H3. The van der Waals surface area contributed by atoms with Crippen LogP contribution < -0.4 is 5.32 Å². The van der Waals surface area contributed by atoms with E-state index in [1.807, 2.05) is 13.1 Å². The molecular formula is C14H17BrN2. The minimum Gasteiger partial charge on any atom is -0.320 e. The van der Waals surface area contributed by atoms with Crippen molar-refractivity contribution < 1.29 is 0 Å². The molecule has 0 amide bonds. The van der Waals surface area contributed by atoms with Crippen LogP contribution in [0.15, 0.2) is 28.7 Å². The molecule has 1 aromatic carbocycles. The van der Waals surface area contributed by atoms with Gasteiger partial charge in [0.1, 0.15) is 0 Å². The van der Waals surface area contributed by atoms with Crippen molar-refractivity contribution in [2.45, 2.75) is 19.8 Å². The summed E-state index contributed by atoms with van der Waals surface area (Å²) in [5.74, 6) is 0. The van der Waals surface area contributed by atoms with Gasteiger partial charge in [-0.05, 0) is 63.2 Å². The minimum absolute atomic E-state index is 1.05. The fourth-order valence-corrected chi connectivity index (χ4v) is 2.37. The molecular weight excluding hydrogens is 276 g/mol. The zero-order chi connectivity index (χ0) is 12.3. The monoisotopic (exact) mass is 292 g/mol. The quantitative estimate of drug-likeness (QED) is 0.873. The van der Waals surface area contributed by atoms with E-state index in [9.17, 15) is 0 Å². The number of nitrogens with zero attached hydrogens (tertiary/aromatic N) is 1. The minimum atomic E-state index is 1.05. The van der Waals surface area contributed by atoms with Gasteiger partial charge in [0.2, 0.25) is 0 Å². The third-order valence-corrected chi connectivity index (χ3v) is 3.44. The van der Waals surface area contributed by atoms with Crippen molar-refractivity contribution in [2.24, 2.45) is 0 Å². The molecule has 1 heterocycles. The third kappa shape index (κ3) is 3.05. The van der Waals surface area contributed by atoms with Crippen molar-refractivity contribution in [2.75, 3.05) is 13.6 Å². The molecule has 0 aliphatic rings. The Morgan fingerprint density at radius 1 is 1.29 bits per heavy atom. The van der Waals surface area contributed by atoms with Gasteiger partial charge in [-0.15, -0.1) is 0 Å². The Hall–Kier alpha value is -0.930. The SMILES string of the molecule is CNCCCc1cc2cc(Br)ccc2nc1C. The van der Waals surface area contributed by atoms with E-state index in [2.05, 4.69) is 51.4 Å². The lowest BCUT2D eigenvalue weighted by Gasteiger charge is -2.07. The maximum absolute atomic E-state index is 4.65. The van der Waals surface area contributed by atoms with Gasteiger partial charge in [-0.1, -0.05) is 15.9 Å². The lowest BCUT2D eigenvalue weighted by atomic mass is 10.1. The van der Waals surface area contributed by atoms with Gasteiger partial charge in [-0.2, -0.15) is 0 Å². The van der Waals surface area contributed by atoms with Crippen LogP contribution in [0, 0.1) is 6.92 Å². The lowest BCUT2D eigenvalue weighted by molar-refractivity contribution is 0.721. The van der Waals surface area contributed by atoms with Gasteiger partial charge in [-0.3, -0.25) is 4.98 Å². The smallest absolute Gasteiger partial charge is 0.0706 e. The van der Waals surface area contributed by atoms with Crippen molar-refractivity contribution in [3.05, 3.63) is 40.0 Å². The predicted octanol–water partition coefficient (Wildman–Crippen LogP) is 3.46. The molecule has 1 aromatic heterocycles. The first kappa shape index (κ1) is 12.5. The molecule has 0 saturated carbocycles. The van der Waals surface area contributed by atoms with Crippen LogP contribution in [0.4, 0.5) is 0 Å². The predicted molar refractivity (Wildman–Crippen MR) is 76.4 cm³/mol. The van der Waals surface area contributed by atoms with Crippen LogP contribution in [0.25, 0.3) is 10.9 Å². The highest BCUT2D eigenvalue weighted by molar-refractivity contribution is 9.10. The molecule has 0 fully saturated rings. The number of hydrogen-bond acceptors (Lipinski definition) is 2. The molecule has 1 N–H and O–H groups in total. The van der Waals surface area contributed by atoms with E-state index in [1.165, 1.54) is 10.9 Å². The van der Waals surface area contributed by atoms with Gasteiger partial charge < -0.3 is 5.32 Å². The van der Waals surface area contributed by atoms with E-state index < -0.39 is 0 Å². The number of fused-ring (bicyclic) bond motifs is 1. The molecule has 2 nitrogen and oxygen atoms in total. The number of hydrogen-bond donors (Lipinski definition) is 1. The highest BCUT2D eigenvalue weighted by atomic mass is 79.9. The topological polar surface area (TPSA) is 24.9 Å². The van der Waals surface area contributed by atoms with Crippen molar-refractivity contribution in [1.29, 1.82) is 0 Å². The van der Waals surface area contributed by atoms with E-state index in [-0.39, 0.29) is 0 Å². The number of halogens is 1. The van der Waals surface area contributed by atoms with Crippen LogP contribution in [-0.2, 0) is 6.42 Å². The molecule has 0 atom stereocenters. The van der Waals surface area contributed by atoms with Crippen LogP contribution >= 0.6 is 15.9 Å². The second-order valence-electron chi connectivity index (χ2n) is 4.28. The number of aromatic nitrogens is 1.